The van der Waals surface area contributed by atoms with Gasteiger partial charge in [0.25, 0.3) is 11.8 Å². The fourth-order valence-electron chi connectivity index (χ4n) is 4.58. The number of rotatable bonds is 1. The van der Waals surface area contributed by atoms with Crippen LogP contribution in [-0.4, -0.2) is 23.6 Å². The first kappa shape index (κ1) is 15.5. The lowest BCUT2D eigenvalue weighted by Gasteiger charge is -2.18. The Hall–Kier alpha value is -2.76. The Morgan fingerprint density at radius 1 is 1.00 bits per heavy atom. The summed E-state index contributed by atoms with van der Waals surface area (Å²) in [5.74, 6) is -1.05. The summed E-state index contributed by atoms with van der Waals surface area (Å²) in [5, 5.41) is 0. The number of anilines is 2. The molecule has 26 heavy (non-hydrogen) atoms. The van der Waals surface area contributed by atoms with Crippen molar-refractivity contribution in [1.82, 2.24) is 0 Å². The first-order valence-electron chi connectivity index (χ1n) is 9.06. The maximum absolute atomic E-state index is 12.8. The molecule has 4 aliphatic rings. The van der Waals surface area contributed by atoms with Crippen LogP contribution in [0, 0.1) is 0 Å². The van der Waals surface area contributed by atoms with Crippen molar-refractivity contribution in [3.8, 4) is 0 Å². The first-order chi connectivity index (χ1) is 12.5. The Labute approximate surface area is 150 Å². The summed E-state index contributed by atoms with van der Waals surface area (Å²) >= 11 is 0. The number of fused-ring (bicyclic) bond motifs is 2. The largest absolute Gasteiger partial charge is 0.274 e. The normalized spacial score (nSPS) is 23.0. The van der Waals surface area contributed by atoms with E-state index in [1.165, 1.54) is 16.7 Å². The number of hydrogen-bond donors (Lipinski definition) is 0. The number of benzene rings is 1. The van der Waals surface area contributed by atoms with Crippen molar-refractivity contribution in [3.63, 3.8) is 0 Å². The molecule has 6 heteroatoms. The Kier molecular flexibility index (Phi) is 2.92. The Morgan fingerprint density at radius 2 is 1.62 bits per heavy atom. The summed E-state index contributed by atoms with van der Waals surface area (Å²) in [7, 11) is 0. The minimum absolute atomic E-state index is 0.186. The minimum Gasteiger partial charge on any atom is -0.274 e. The second-order valence-corrected chi connectivity index (χ2v) is 7.55. The van der Waals surface area contributed by atoms with E-state index in [0.717, 1.165) is 31.2 Å². The molecule has 1 fully saturated rings. The molecule has 132 valence electrons. The summed E-state index contributed by atoms with van der Waals surface area (Å²) in [5.41, 5.74) is 2.46. The highest BCUT2D eigenvalue weighted by atomic mass is 16.2. The molecule has 0 bridgehead atoms. The van der Waals surface area contributed by atoms with Gasteiger partial charge in [-0.05, 0) is 56.2 Å². The molecule has 4 amide bonds. The number of amides is 4. The molecule has 1 saturated carbocycles. The number of carbonyl (C=O) groups excluding carboxylic acids is 4. The monoisotopic (exact) mass is 350 g/mol. The maximum atomic E-state index is 12.8. The Balaban J connectivity index is 1.59. The lowest BCUT2D eigenvalue weighted by atomic mass is 9.93. The van der Waals surface area contributed by atoms with E-state index >= 15 is 0 Å². The fraction of sp³-hybridized carbons (Fsp3) is 0.400. The van der Waals surface area contributed by atoms with E-state index in [2.05, 4.69) is 0 Å². The predicted molar refractivity (Wildman–Crippen MR) is 93.5 cm³/mol. The van der Waals surface area contributed by atoms with E-state index in [1.807, 2.05) is 0 Å². The van der Waals surface area contributed by atoms with Gasteiger partial charge in [0.05, 0.1) is 16.8 Å². The summed E-state index contributed by atoms with van der Waals surface area (Å²) < 4.78 is 0. The second kappa shape index (κ2) is 4.90. The average molecular weight is 350 g/mol. The smallest absolute Gasteiger partial charge is 0.261 e. The Bertz CT molecular complexity index is 927. The van der Waals surface area contributed by atoms with E-state index in [1.54, 1.807) is 18.2 Å². The van der Waals surface area contributed by atoms with Gasteiger partial charge >= 0.3 is 0 Å². The van der Waals surface area contributed by atoms with Crippen molar-refractivity contribution in [2.75, 3.05) is 9.80 Å². The highest BCUT2D eigenvalue weighted by molar-refractivity contribution is 6.33. The number of nitrogens with zero attached hydrogens (tertiary/aromatic N) is 2. The zero-order chi connectivity index (χ0) is 18.2. The van der Waals surface area contributed by atoms with Crippen molar-refractivity contribution in [2.24, 2.45) is 0 Å². The molecule has 0 unspecified atom stereocenters. The van der Waals surface area contributed by atoms with Gasteiger partial charge in [0.1, 0.15) is 0 Å². The average Bonchev–Trinajstić information content (AvgIpc) is 3.33. The van der Waals surface area contributed by atoms with Crippen molar-refractivity contribution in [2.45, 2.75) is 50.9 Å². The number of imide groups is 2. The third-order valence-electron chi connectivity index (χ3n) is 6.06. The van der Waals surface area contributed by atoms with E-state index in [9.17, 15) is 19.2 Å². The number of carbonyl (C=O) groups is 4. The third kappa shape index (κ3) is 1.76. The van der Waals surface area contributed by atoms with Gasteiger partial charge in [-0.2, -0.15) is 0 Å². The molecule has 2 aliphatic carbocycles. The molecule has 0 N–H and O–H groups in total. The third-order valence-corrected chi connectivity index (χ3v) is 6.06. The van der Waals surface area contributed by atoms with Gasteiger partial charge in [0.15, 0.2) is 0 Å². The van der Waals surface area contributed by atoms with Crippen LogP contribution in [0.2, 0.25) is 0 Å². The van der Waals surface area contributed by atoms with Crippen LogP contribution in [0.25, 0.3) is 0 Å². The molecule has 1 aromatic carbocycles. The number of hydrogen-bond acceptors (Lipinski definition) is 4. The summed E-state index contributed by atoms with van der Waals surface area (Å²) in [6.45, 7) is 1.36. The highest BCUT2D eigenvalue weighted by Gasteiger charge is 2.60. The zero-order valence-corrected chi connectivity index (χ0v) is 14.5. The predicted octanol–water partition coefficient (Wildman–Crippen LogP) is 2.36. The topological polar surface area (TPSA) is 74.8 Å². The van der Waals surface area contributed by atoms with Gasteiger partial charge in [0.2, 0.25) is 11.8 Å². The van der Waals surface area contributed by atoms with Crippen molar-refractivity contribution in [1.29, 1.82) is 0 Å². The van der Waals surface area contributed by atoms with Crippen LogP contribution in [0.5, 0.6) is 0 Å². The molecule has 6 nitrogen and oxygen atoms in total. The summed E-state index contributed by atoms with van der Waals surface area (Å²) in [6.07, 6.45) is 4.60. The summed E-state index contributed by atoms with van der Waals surface area (Å²) in [6, 6.07) is 5.18. The molecule has 1 spiro atoms. The quantitative estimate of drug-likeness (QED) is 0.729. The van der Waals surface area contributed by atoms with Crippen LogP contribution in [0.4, 0.5) is 11.4 Å². The van der Waals surface area contributed by atoms with E-state index in [0.29, 0.717) is 35.4 Å². The van der Waals surface area contributed by atoms with Crippen LogP contribution in [0.1, 0.15) is 51.0 Å². The van der Waals surface area contributed by atoms with E-state index in [-0.39, 0.29) is 23.6 Å². The summed E-state index contributed by atoms with van der Waals surface area (Å²) in [4.78, 5) is 52.7. The molecule has 0 atom stereocenters. The van der Waals surface area contributed by atoms with Gasteiger partial charge in [-0.3, -0.25) is 19.2 Å². The van der Waals surface area contributed by atoms with Crippen LogP contribution in [-0.2, 0) is 24.6 Å². The van der Waals surface area contributed by atoms with Crippen molar-refractivity contribution < 1.29 is 19.2 Å². The second-order valence-electron chi connectivity index (χ2n) is 7.55. The van der Waals surface area contributed by atoms with Crippen LogP contribution in [0.3, 0.4) is 0 Å². The fourth-order valence-corrected chi connectivity index (χ4v) is 4.58. The van der Waals surface area contributed by atoms with Crippen molar-refractivity contribution >= 4 is 35.0 Å². The van der Waals surface area contributed by atoms with Gasteiger partial charge in [-0.1, -0.05) is 6.07 Å². The zero-order valence-electron chi connectivity index (χ0n) is 14.5. The van der Waals surface area contributed by atoms with Crippen LogP contribution < -0.4 is 9.80 Å². The Morgan fingerprint density at radius 3 is 2.15 bits per heavy atom. The van der Waals surface area contributed by atoms with Crippen molar-refractivity contribution in [3.05, 3.63) is 34.9 Å². The van der Waals surface area contributed by atoms with Gasteiger partial charge in [-0.15, -0.1) is 0 Å². The van der Waals surface area contributed by atoms with Gasteiger partial charge in [-0.25, -0.2) is 9.80 Å². The van der Waals surface area contributed by atoms with Crippen LogP contribution >= 0.6 is 0 Å². The SMILES string of the molecule is CC(=O)N1C(=O)C2(CC2)c2ccc(N3C(=O)C4=C(CCCC4)C3=O)cc21. The molecular weight excluding hydrogens is 332 g/mol. The standard InChI is InChI=1S/C20H18N2O4/c1-11(23)21-16-10-12(6-7-15(16)20(8-9-20)19(21)26)22-17(24)13-4-2-3-5-14(13)18(22)25/h6-7,10H,2-5,8-9H2,1H3. The molecule has 0 radical (unpaired) electrons. The highest BCUT2D eigenvalue weighted by Crippen LogP contribution is 2.58. The molecule has 1 aromatic rings. The molecule has 2 aliphatic heterocycles. The van der Waals surface area contributed by atoms with Crippen LogP contribution in [0.15, 0.2) is 29.3 Å². The van der Waals surface area contributed by atoms with E-state index < -0.39 is 5.41 Å². The molecule has 0 aromatic heterocycles. The van der Waals surface area contributed by atoms with Gasteiger partial charge < -0.3 is 0 Å². The lowest BCUT2D eigenvalue weighted by molar-refractivity contribution is -0.126. The molecule has 0 saturated heterocycles. The maximum Gasteiger partial charge on any atom is 0.261 e. The minimum atomic E-state index is -0.573. The molecule has 2 heterocycles. The van der Waals surface area contributed by atoms with Gasteiger partial charge in [0, 0.05) is 18.1 Å². The lowest BCUT2D eigenvalue weighted by Crippen LogP contribution is -2.36. The molecule has 5 rings (SSSR count). The van der Waals surface area contributed by atoms with E-state index in [4.69, 9.17) is 0 Å². The molecular formula is C20H18N2O4. The first-order valence-corrected chi connectivity index (χ1v) is 9.06.